The number of fused-ring (bicyclic) bond motifs is 1. The van der Waals surface area contributed by atoms with Gasteiger partial charge in [-0.3, -0.25) is 0 Å². The molecule has 0 saturated heterocycles. The van der Waals surface area contributed by atoms with Gasteiger partial charge in [-0.15, -0.1) is 0 Å². The number of nitrogens with two attached hydrogens (primary N) is 1. The first-order chi connectivity index (χ1) is 6.74. The van der Waals surface area contributed by atoms with Crippen molar-refractivity contribution >= 4 is 29.1 Å². The van der Waals surface area contributed by atoms with E-state index in [1.165, 1.54) is 5.39 Å². The Morgan fingerprint density at radius 3 is 2.71 bits per heavy atom. The zero-order valence-corrected chi connectivity index (χ0v) is 8.25. The predicted molar refractivity (Wildman–Crippen MR) is 63.3 cm³/mol. The molecule has 0 amide bonds. The highest BCUT2D eigenvalue weighted by Crippen LogP contribution is 2.09. The maximum absolute atomic E-state index is 5.93. The van der Waals surface area contributed by atoms with E-state index in [1.807, 2.05) is 31.2 Å². The van der Waals surface area contributed by atoms with Gasteiger partial charge in [0, 0.05) is 10.9 Å². The number of benzene rings is 2. The molecule has 0 atom stereocenters. The van der Waals surface area contributed by atoms with Gasteiger partial charge in [-0.25, -0.2) is 0 Å². The van der Waals surface area contributed by atoms with Gasteiger partial charge in [0.05, 0.1) is 0 Å². The third-order valence-corrected chi connectivity index (χ3v) is 2.52. The number of anilines is 1. The van der Waals surface area contributed by atoms with Crippen LogP contribution in [0.1, 0.15) is 6.92 Å². The summed E-state index contributed by atoms with van der Waals surface area (Å²) in [5.41, 5.74) is 6.73. The average Bonchev–Trinajstić information content (AvgIpc) is 2.18. The standard InChI is InChI=1S/C13H13N/c1-3-11-9(2)12-7-5-4-6-10(12)8-13(11)14/h3-8H,2,14H2,1H3/b11-3+. The molecule has 1 heteroatoms. The van der Waals surface area contributed by atoms with E-state index in [2.05, 4.69) is 18.7 Å². The summed E-state index contributed by atoms with van der Waals surface area (Å²) in [5.74, 6) is 0. The van der Waals surface area contributed by atoms with Crippen molar-refractivity contribution in [1.82, 2.24) is 0 Å². The lowest BCUT2D eigenvalue weighted by atomic mass is 10.1. The van der Waals surface area contributed by atoms with Gasteiger partial charge in [0.15, 0.2) is 0 Å². The predicted octanol–water partition coefficient (Wildman–Crippen LogP) is 1.63. The van der Waals surface area contributed by atoms with Gasteiger partial charge in [0.2, 0.25) is 0 Å². The number of rotatable bonds is 0. The first-order valence-corrected chi connectivity index (χ1v) is 4.66. The van der Waals surface area contributed by atoms with Crippen molar-refractivity contribution in [3.8, 4) is 0 Å². The molecule has 14 heavy (non-hydrogen) atoms. The molecule has 0 aliphatic rings. The topological polar surface area (TPSA) is 26.0 Å². The molecule has 0 bridgehead atoms. The summed E-state index contributed by atoms with van der Waals surface area (Å²) in [5, 5.41) is 4.39. The van der Waals surface area contributed by atoms with Crippen LogP contribution in [0.5, 0.6) is 0 Å². The third kappa shape index (κ3) is 1.18. The minimum atomic E-state index is 0.802. The summed E-state index contributed by atoms with van der Waals surface area (Å²) in [6.07, 6.45) is 2.00. The smallest absolute Gasteiger partial charge is 0.0396 e. The molecule has 2 aromatic carbocycles. The zero-order valence-electron chi connectivity index (χ0n) is 8.25. The van der Waals surface area contributed by atoms with E-state index >= 15 is 0 Å². The monoisotopic (exact) mass is 183 g/mol. The molecule has 0 fully saturated rings. The molecule has 0 aromatic heterocycles. The Balaban J connectivity index is 3.10. The molecule has 2 rings (SSSR count). The molecule has 0 radical (unpaired) electrons. The highest BCUT2D eigenvalue weighted by molar-refractivity contribution is 5.86. The summed E-state index contributed by atoms with van der Waals surface area (Å²) in [6.45, 7) is 6.05. The fourth-order valence-electron chi connectivity index (χ4n) is 1.80. The summed E-state index contributed by atoms with van der Waals surface area (Å²) in [4.78, 5) is 0. The van der Waals surface area contributed by atoms with Crippen LogP contribution >= 0.6 is 0 Å². The fourth-order valence-corrected chi connectivity index (χ4v) is 1.80. The lowest BCUT2D eigenvalue weighted by Gasteiger charge is -2.02. The van der Waals surface area contributed by atoms with Crippen LogP contribution in [0.2, 0.25) is 0 Å². The summed E-state index contributed by atoms with van der Waals surface area (Å²) >= 11 is 0. The second-order valence-corrected chi connectivity index (χ2v) is 3.37. The van der Waals surface area contributed by atoms with Crippen LogP contribution in [0.4, 0.5) is 5.69 Å². The van der Waals surface area contributed by atoms with Crippen molar-refractivity contribution < 1.29 is 0 Å². The molecule has 0 spiro atoms. The van der Waals surface area contributed by atoms with Crippen LogP contribution in [0, 0.1) is 0 Å². The van der Waals surface area contributed by atoms with Crippen LogP contribution in [-0.2, 0) is 0 Å². The Bertz CT molecular complexity index is 582. The van der Waals surface area contributed by atoms with Crippen LogP contribution in [-0.4, -0.2) is 0 Å². The minimum Gasteiger partial charge on any atom is -0.398 e. The Labute approximate surface area is 83.2 Å². The lowest BCUT2D eigenvalue weighted by molar-refractivity contribution is 1.56. The highest BCUT2D eigenvalue weighted by atomic mass is 14.5. The van der Waals surface area contributed by atoms with E-state index < -0.39 is 0 Å². The Kier molecular flexibility index (Phi) is 2.01. The third-order valence-electron chi connectivity index (χ3n) is 2.52. The molecular formula is C13H13N. The summed E-state index contributed by atoms with van der Waals surface area (Å²) < 4.78 is 0. The van der Waals surface area contributed by atoms with Crippen LogP contribution in [0.25, 0.3) is 23.4 Å². The van der Waals surface area contributed by atoms with E-state index in [-0.39, 0.29) is 0 Å². The van der Waals surface area contributed by atoms with Crippen molar-refractivity contribution in [1.29, 1.82) is 0 Å². The average molecular weight is 183 g/mol. The van der Waals surface area contributed by atoms with E-state index in [9.17, 15) is 0 Å². The number of hydrogen-bond donors (Lipinski definition) is 1. The van der Waals surface area contributed by atoms with E-state index in [1.54, 1.807) is 0 Å². The van der Waals surface area contributed by atoms with Gasteiger partial charge in [-0.2, -0.15) is 0 Å². The Hall–Kier alpha value is -1.76. The highest BCUT2D eigenvalue weighted by Gasteiger charge is 1.97. The largest absolute Gasteiger partial charge is 0.398 e. The van der Waals surface area contributed by atoms with Crippen molar-refractivity contribution in [2.45, 2.75) is 6.92 Å². The van der Waals surface area contributed by atoms with E-state index in [0.717, 1.165) is 21.5 Å². The lowest BCUT2D eigenvalue weighted by Crippen LogP contribution is -2.26. The summed E-state index contributed by atoms with van der Waals surface area (Å²) in [7, 11) is 0. The van der Waals surface area contributed by atoms with Crippen molar-refractivity contribution in [3.05, 3.63) is 40.8 Å². The molecular weight excluding hydrogens is 170 g/mol. The van der Waals surface area contributed by atoms with Crippen molar-refractivity contribution in [3.63, 3.8) is 0 Å². The van der Waals surface area contributed by atoms with E-state index in [4.69, 9.17) is 5.73 Å². The van der Waals surface area contributed by atoms with Crippen LogP contribution in [0.15, 0.2) is 30.3 Å². The summed E-state index contributed by atoms with van der Waals surface area (Å²) in [6, 6.07) is 10.2. The van der Waals surface area contributed by atoms with Crippen LogP contribution in [0.3, 0.4) is 0 Å². The van der Waals surface area contributed by atoms with Gasteiger partial charge in [-0.1, -0.05) is 36.9 Å². The number of nitrogen functional groups attached to an aromatic ring is 1. The first-order valence-electron chi connectivity index (χ1n) is 4.66. The van der Waals surface area contributed by atoms with E-state index in [0.29, 0.717) is 0 Å². The van der Waals surface area contributed by atoms with Gasteiger partial charge in [0.1, 0.15) is 0 Å². The molecule has 0 heterocycles. The molecule has 2 N–H and O–H groups in total. The zero-order chi connectivity index (χ0) is 10.1. The molecule has 70 valence electrons. The van der Waals surface area contributed by atoms with Gasteiger partial charge < -0.3 is 5.73 Å². The van der Waals surface area contributed by atoms with Crippen molar-refractivity contribution in [2.24, 2.45) is 0 Å². The molecule has 2 aromatic rings. The normalized spacial score (nSPS) is 12.2. The Morgan fingerprint density at radius 1 is 1.29 bits per heavy atom. The van der Waals surface area contributed by atoms with Gasteiger partial charge in [0.25, 0.3) is 0 Å². The second kappa shape index (κ2) is 3.18. The SMILES string of the molecule is C=c1/c(=C\C)c(N)cc2ccccc12. The number of hydrogen-bond acceptors (Lipinski definition) is 1. The Morgan fingerprint density at radius 2 is 2.00 bits per heavy atom. The fraction of sp³-hybridized carbons (Fsp3) is 0.0769. The van der Waals surface area contributed by atoms with Gasteiger partial charge >= 0.3 is 0 Å². The molecule has 1 nitrogen and oxygen atoms in total. The molecule has 0 aliphatic carbocycles. The maximum atomic E-state index is 5.93. The molecule has 0 saturated carbocycles. The van der Waals surface area contributed by atoms with Crippen LogP contribution < -0.4 is 16.2 Å². The maximum Gasteiger partial charge on any atom is 0.0396 e. The molecule has 0 aliphatic heterocycles. The molecule has 0 unspecified atom stereocenters. The second-order valence-electron chi connectivity index (χ2n) is 3.37. The first kappa shape index (κ1) is 8.82. The van der Waals surface area contributed by atoms with Gasteiger partial charge in [-0.05, 0) is 29.0 Å². The minimum absolute atomic E-state index is 0.802. The van der Waals surface area contributed by atoms with Crippen molar-refractivity contribution in [2.75, 3.05) is 5.73 Å². The quantitative estimate of drug-likeness (QED) is 0.617.